The fraction of sp³-hybridized carbons (Fsp3) is 0.120. The second-order valence-electron chi connectivity index (χ2n) is 7.41. The molecule has 9 heteroatoms. The van der Waals surface area contributed by atoms with Crippen molar-refractivity contribution in [2.75, 3.05) is 7.11 Å². The third-order valence-corrected chi connectivity index (χ3v) is 5.31. The Morgan fingerprint density at radius 1 is 1.15 bits per heavy atom. The predicted octanol–water partition coefficient (Wildman–Crippen LogP) is 5.49. The zero-order valence-corrected chi connectivity index (χ0v) is 19.0. The molecule has 0 spiro atoms. The van der Waals surface area contributed by atoms with Gasteiger partial charge >= 0.3 is 5.97 Å². The Hall–Kier alpha value is -4.17. The van der Waals surface area contributed by atoms with Gasteiger partial charge < -0.3 is 14.2 Å². The van der Waals surface area contributed by atoms with Crippen LogP contribution in [0.25, 0.3) is 6.08 Å². The Balaban J connectivity index is 1.66. The summed E-state index contributed by atoms with van der Waals surface area (Å²) < 4.78 is 16.8. The molecule has 3 aromatic carbocycles. The van der Waals surface area contributed by atoms with Crippen LogP contribution in [0.15, 0.2) is 71.4 Å². The van der Waals surface area contributed by atoms with E-state index in [1.165, 1.54) is 31.4 Å². The number of esters is 1. The topological polar surface area (TPSA) is 100 Å². The van der Waals surface area contributed by atoms with Crippen LogP contribution in [0, 0.1) is 17.0 Å². The van der Waals surface area contributed by atoms with Crippen molar-refractivity contribution in [2.45, 2.75) is 13.5 Å². The molecule has 172 valence electrons. The Labute approximate surface area is 200 Å². The number of nitro benzene ring substituents is 1. The average molecular weight is 479 g/mol. The van der Waals surface area contributed by atoms with Gasteiger partial charge in [0.25, 0.3) is 5.69 Å². The van der Waals surface area contributed by atoms with Crippen molar-refractivity contribution in [3.63, 3.8) is 0 Å². The first-order valence-electron chi connectivity index (χ1n) is 10.2. The lowest BCUT2D eigenvalue weighted by Crippen LogP contribution is -2.06. The van der Waals surface area contributed by atoms with Crippen LogP contribution in [0.1, 0.15) is 22.3 Å². The van der Waals surface area contributed by atoms with E-state index in [1.54, 1.807) is 18.2 Å². The van der Waals surface area contributed by atoms with Crippen LogP contribution >= 0.6 is 11.6 Å². The number of cyclic esters (lactones) is 1. The number of nitrogens with zero attached hydrogens (tertiary/aromatic N) is 2. The first kappa shape index (κ1) is 23.0. The van der Waals surface area contributed by atoms with E-state index >= 15 is 0 Å². The van der Waals surface area contributed by atoms with E-state index in [2.05, 4.69) is 4.99 Å². The number of halogens is 1. The molecule has 0 saturated heterocycles. The summed E-state index contributed by atoms with van der Waals surface area (Å²) in [5.74, 6) is 0.220. The largest absolute Gasteiger partial charge is 0.493 e. The summed E-state index contributed by atoms with van der Waals surface area (Å²) in [6, 6.07) is 17.0. The van der Waals surface area contributed by atoms with Crippen LogP contribution in [0.5, 0.6) is 11.5 Å². The van der Waals surface area contributed by atoms with Crippen molar-refractivity contribution in [2.24, 2.45) is 4.99 Å². The minimum absolute atomic E-state index is 0.0260. The van der Waals surface area contributed by atoms with E-state index in [9.17, 15) is 14.9 Å². The summed E-state index contributed by atoms with van der Waals surface area (Å²) in [5.41, 5.74) is 2.78. The molecule has 0 fully saturated rings. The molecule has 8 nitrogen and oxygen atoms in total. The van der Waals surface area contributed by atoms with Crippen molar-refractivity contribution in [3.8, 4) is 11.5 Å². The SMILES string of the molecule is COc1cccc(/C=C2\N=C(c3ccc([N+](=O)[O-])cc3Cl)OC2=O)c1OCc1cccc(C)c1. The molecule has 3 aromatic rings. The fourth-order valence-electron chi connectivity index (χ4n) is 3.38. The number of aryl methyl sites for hydroxylation is 1. The van der Waals surface area contributed by atoms with Crippen LogP contribution in [-0.2, 0) is 16.1 Å². The molecule has 0 aliphatic carbocycles. The predicted molar refractivity (Wildman–Crippen MR) is 127 cm³/mol. The highest BCUT2D eigenvalue weighted by Crippen LogP contribution is 2.35. The highest BCUT2D eigenvalue weighted by atomic mass is 35.5. The zero-order chi connectivity index (χ0) is 24.2. The maximum absolute atomic E-state index is 12.5. The number of hydrogen-bond donors (Lipinski definition) is 0. The Morgan fingerprint density at radius 3 is 2.65 bits per heavy atom. The number of nitro groups is 1. The van der Waals surface area contributed by atoms with Crippen LogP contribution < -0.4 is 9.47 Å². The number of aliphatic imine (C=N–C) groups is 1. The number of rotatable bonds is 7. The van der Waals surface area contributed by atoms with Crippen molar-refractivity contribution in [1.82, 2.24) is 0 Å². The number of methoxy groups -OCH3 is 1. The summed E-state index contributed by atoms with van der Waals surface area (Å²) in [7, 11) is 1.53. The molecular weight excluding hydrogens is 460 g/mol. The van der Waals surface area contributed by atoms with E-state index in [4.69, 9.17) is 25.8 Å². The lowest BCUT2D eigenvalue weighted by Gasteiger charge is -2.14. The van der Waals surface area contributed by atoms with Gasteiger partial charge in [0.1, 0.15) is 6.61 Å². The maximum Gasteiger partial charge on any atom is 0.363 e. The van der Waals surface area contributed by atoms with Crippen molar-refractivity contribution >= 4 is 35.2 Å². The monoisotopic (exact) mass is 478 g/mol. The summed E-state index contributed by atoms with van der Waals surface area (Å²) >= 11 is 6.15. The molecule has 0 aromatic heterocycles. The van der Waals surface area contributed by atoms with E-state index in [0.717, 1.165) is 11.1 Å². The number of ether oxygens (including phenoxy) is 3. The van der Waals surface area contributed by atoms with Gasteiger partial charge in [-0.25, -0.2) is 9.79 Å². The molecule has 1 aliphatic rings. The third kappa shape index (κ3) is 4.92. The van der Waals surface area contributed by atoms with Gasteiger partial charge in [-0.1, -0.05) is 53.6 Å². The molecule has 4 rings (SSSR count). The zero-order valence-electron chi connectivity index (χ0n) is 18.3. The second-order valence-corrected chi connectivity index (χ2v) is 7.82. The summed E-state index contributed by atoms with van der Waals surface area (Å²) in [6.45, 7) is 2.30. The van der Waals surface area contributed by atoms with Crippen LogP contribution in [0.4, 0.5) is 5.69 Å². The molecule has 34 heavy (non-hydrogen) atoms. The minimum atomic E-state index is -0.683. The van der Waals surface area contributed by atoms with Crippen molar-refractivity contribution in [1.29, 1.82) is 0 Å². The van der Waals surface area contributed by atoms with Gasteiger partial charge in [0, 0.05) is 17.7 Å². The smallest absolute Gasteiger partial charge is 0.363 e. The standard InChI is InChI=1S/C25H19ClN2O6/c1-15-5-3-6-16(11-15)14-33-23-17(7-4-8-22(23)32-2)12-21-25(29)34-24(27-21)19-10-9-18(28(30)31)13-20(19)26/h3-13H,14H2,1-2H3/b21-12-. The van der Waals surface area contributed by atoms with E-state index in [0.29, 0.717) is 23.7 Å². The second kappa shape index (κ2) is 9.76. The summed E-state index contributed by atoms with van der Waals surface area (Å²) in [5, 5.41) is 11.0. The van der Waals surface area contributed by atoms with E-state index in [1.807, 2.05) is 31.2 Å². The molecule has 1 heterocycles. The van der Waals surface area contributed by atoms with Crippen molar-refractivity contribution in [3.05, 3.63) is 104 Å². The molecule has 1 aliphatic heterocycles. The average Bonchev–Trinajstić information content (AvgIpc) is 3.17. The number of hydrogen-bond acceptors (Lipinski definition) is 7. The third-order valence-electron chi connectivity index (χ3n) is 5.00. The number of carbonyl (C=O) groups is 1. The van der Waals surface area contributed by atoms with Gasteiger partial charge in [-0.05, 0) is 30.7 Å². The fourth-order valence-corrected chi connectivity index (χ4v) is 3.64. The lowest BCUT2D eigenvalue weighted by molar-refractivity contribution is -0.384. The van der Waals surface area contributed by atoms with E-state index < -0.39 is 10.9 Å². The Kier molecular flexibility index (Phi) is 6.60. The molecule has 0 N–H and O–H groups in total. The van der Waals surface area contributed by atoms with Crippen LogP contribution in [0.3, 0.4) is 0 Å². The van der Waals surface area contributed by atoms with Crippen LogP contribution in [0.2, 0.25) is 5.02 Å². The molecule has 0 unspecified atom stereocenters. The van der Waals surface area contributed by atoms with Gasteiger partial charge in [0.15, 0.2) is 17.2 Å². The molecule has 0 radical (unpaired) electrons. The maximum atomic E-state index is 12.5. The number of benzene rings is 3. The molecule has 0 bridgehead atoms. The Bertz CT molecular complexity index is 1350. The molecular formula is C25H19ClN2O6. The van der Waals surface area contributed by atoms with Gasteiger partial charge in [-0.3, -0.25) is 10.1 Å². The van der Waals surface area contributed by atoms with Gasteiger partial charge in [-0.2, -0.15) is 0 Å². The molecule has 0 atom stereocenters. The van der Waals surface area contributed by atoms with Crippen LogP contribution in [-0.4, -0.2) is 23.9 Å². The molecule has 0 amide bonds. The normalized spacial score (nSPS) is 14.0. The summed E-state index contributed by atoms with van der Waals surface area (Å²) in [6.07, 6.45) is 1.53. The van der Waals surface area contributed by atoms with Crippen molar-refractivity contribution < 1.29 is 23.9 Å². The molecule has 0 saturated carbocycles. The lowest BCUT2D eigenvalue weighted by atomic mass is 10.1. The van der Waals surface area contributed by atoms with Gasteiger partial charge in [-0.15, -0.1) is 0 Å². The highest BCUT2D eigenvalue weighted by Gasteiger charge is 2.27. The Morgan fingerprint density at radius 2 is 1.94 bits per heavy atom. The first-order valence-corrected chi connectivity index (χ1v) is 10.6. The number of carbonyl (C=O) groups excluding carboxylic acids is 1. The van der Waals surface area contributed by atoms with E-state index in [-0.39, 0.29) is 27.9 Å². The summed E-state index contributed by atoms with van der Waals surface area (Å²) in [4.78, 5) is 27.1. The quantitative estimate of drug-likeness (QED) is 0.193. The number of para-hydroxylation sites is 1. The van der Waals surface area contributed by atoms with Gasteiger partial charge in [0.2, 0.25) is 5.90 Å². The minimum Gasteiger partial charge on any atom is -0.493 e. The number of non-ortho nitro benzene ring substituents is 1. The highest BCUT2D eigenvalue weighted by molar-refractivity contribution is 6.34. The first-order chi connectivity index (χ1) is 16.4. The van der Waals surface area contributed by atoms with Gasteiger partial charge in [0.05, 0.1) is 22.6 Å².